The topological polar surface area (TPSA) is 74.4 Å². The Balaban J connectivity index is 0.969. The minimum Gasteiger partial charge on any atom is -0.454 e. The molecule has 7 rings (SSSR count). The highest BCUT2D eigenvalue weighted by molar-refractivity contribution is 5.99. The largest absolute Gasteiger partial charge is 0.454 e. The molecule has 1 N–H and O–H groups in total. The highest BCUT2D eigenvalue weighted by atomic mass is 16.7. The van der Waals surface area contributed by atoms with Gasteiger partial charge in [-0.2, -0.15) is 0 Å². The van der Waals surface area contributed by atoms with Crippen molar-refractivity contribution in [3.05, 3.63) is 89.0 Å². The van der Waals surface area contributed by atoms with Gasteiger partial charge >= 0.3 is 0 Å². The van der Waals surface area contributed by atoms with E-state index < -0.39 is 0 Å². The van der Waals surface area contributed by atoms with Crippen molar-refractivity contribution in [2.75, 3.05) is 44.8 Å². The van der Waals surface area contributed by atoms with Gasteiger partial charge in [-0.3, -0.25) is 14.5 Å². The first-order valence-electron chi connectivity index (χ1n) is 13.8. The van der Waals surface area contributed by atoms with E-state index in [4.69, 9.17) is 9.47 Å². The van der Waals surface area contributed by atoms with Gasteiger partial charge in [-0.05, 0) is 66.8 Å². The van der Waals surface area contributed by atoms with E-state index in [1.807, 2.05) is 70.5 Å². The van der Waals surface area contributed by atoms with E-state index in [1.165, 1.54) is 18.4 Å². The Bertz CT molecular complexity index is 1400. The van der Waals surface area contributed by atoms with Crippen LogP contribution >= 0.6 is 0 Å². The quantitative estimate of drug-likeness (QED) is 0.496. The summed E-state index contributed by atoms with van der Waals surface area (Å²) in [6, 6.07) is 21.6. The van der Waals surface area contributed by atoms with E-state index in [1.54, 1.807) is 0 Å². The van der Waals surface area contributed by atoms with Crippen molar-refractivity contribution >= 4 is 17.5 Å². The second-order valence-corrected chi connectivity index (χ2v) is 10.9. The van der Waals surface area contributed by atoms with Crippen molar-refractivity contribution in [1.82, 2.24) is 14.7 Å². The molecular formula is C31H32N4O4. The lowest BCUT2D eigenvalue weighted by Gasteiger charge is -2.35. The second kappa shape index (κ2) is 9.93. The zero-order chi connectivity index (χ0) is 26.3. The number of piperazine rings is 1. The Morgan fingerprint density at radius 2 is 1.67 bits per heavy atom. The molecule has 3 heterocycles. The van der Waals surface area contributed by atoms with Crippen LogP contribution in [0.4, 0.5) is 5.69 Å². The molecule has 8 nitrogen and oxygen atoms in total. The van der Waals surface area contributed by atoms with Crippen molar-refractivity contribution in [2.24, 2.45) is 5.92 Å². The average Bonchev–Trinajstić information content (AvgIpc) is 3.61. The van der Waals surface area contributed by atoms with E-state index >= 15 is 0 Å². The molecule has 0 spiro atoms. The first-order valence-corrected chi connectivity index (χ1v) is 13.8. The van der Waals surface area contributed by atoms with Gasteiger partial charge in [0.2, 0.25) is 6.79 Å². The third-order valence-corrected chi connectivity index (χ3v) is 8.15. The van der Waals surface area contributed by atoms with Crippen LogP contribution in [-0.2, 0) is 6.54 Å². The predicted octanol–water partition coefficient (Wildman–Crippen LogP) is 4.35. The third kappa shape index (κ3) is 4.81. The van der Waals surface area contributed by atoms with Crippen LogP contribution in [0.1, 0.15) is 50.9 Å². The molecule has 8 heteroatoms. The smallest absolute Gasteiger partial charge is 0.256 e. The average molecular weight is 525 g/mol. The number of nitrogens with one attached hydrogen (secondary N) is 1. The molecule has 2 fully saturated rings. The number of amides is 2. The molecular weight excluding hydrogens is 492 g/mol. The number of fused-ring (bicyclic) bond motifs is 2. The highest BCUT2D eigenvalue weighted by Gasteiger charge is 2.39. The molecule has 2 amide bonds. The molecule has 0 radical (unpaired) electrons. The van der Waals surface area contributed by atoms with Crippen molar-refractivity contribution in [2.45, 2.75) is 25.6 Å². The van der Waals surface area contributed by atoms with Crippen LogP contribution in [0.3, 0.4) is 0 Å². The summed E-state index contributed by atoms with van der Waals surface area (Å²) in [6.45, 7) is 4.92. The number of carbonyl (C=O) groups excluding carboxylic acids is 2. The Morgan fingerprint density at radius 1 is 0.897 bits per heavy atom. The molecule has 1 atom stereocenters. The van der Waals surface area contributed by atoms with E-state index in [0.717, 1.165) is 54.5 Å². The van der Waals surface area contributed by atoms with Crippen LogP contribution in [0.2, 0.25) is 0 Å². The van der Waals surface area contributed by atoms with Crippen LogP contribution in [0.5, 0.6) is 11.5 Å². The minimum atomic E-state index is -0.186. The fourth-order valence-electron chi connectivity index (χ4n) is 5.75. The maximum atomic E-state index is 13.2. The van der Waals surface area contributed by atoms with Gasteiger partial charge in [0.05, 0.1) is 0 Å². The van der Waals surface area contributed by atoms with Gasteiger partial charge in [-0.1, -0.05) is 24.3 Å². The normalized spacial score (nSPS) is 20.3. The lowest BCUT2D eigenvalue weighted by Crippen LogP contribution is -2.48. The summed E-state index contributed by atoms with van der Waals surface area (Å²) in [5.41, 5.74) is 4.56. The summed E-state index contributed by atoms with van der Waals surface area (Å²) in [4.78, 5) is 32.6. The summed E-state index contributed by atoms with van der Waals surface area (Å²) < 4.78 is 10.9. The van der Waals surface area contributed by atoms with Crippen LogP contribution in [-0.4, -0.2) is 66.0 Å². The third-order valence-electron chi connectivity index (χ3n) is 8.15. The van der Waals surface area contributed by atoms with Gasteiger partial charge in [0, 0.05) is 61.6 Å². The Kier molecular flexibility index (Phi) is 6.12. The molecule has 200 valence electrons. The maximum absolute atomic E-state index is 13.2. The lowest BCUT2D eigenvalue weighted by atomic mass is 10.1. The Hall–Kier alpha value is -4.04. The highest BCUT2D eigenvalue weighted by Crippen LogP contribution is 2.39. The summed E-state index contributed by atoms with van der Waals surface area (Å²) in [7, 11) is 0. The van der Waals surface area contributed by atoms with Crippen LogP contribution in [0.25, 0.3) is 0 Å². The van der Waals surface area contributed by atoms with Gasteiger partial charge in [-0.25, -0.2) is 0 Å². The number of ether oxygens (including phenoxy) is 2. The molecule has 39 heavy (non-hydrogen) atoms. The first kappa shape index (κ1) is 24.0. The molecule has 1 unspecified atom stereocenters. The van der Waals surface area contributed by atoms with Crippen LogP contribution in [0, 0.1) is 5.92 Å². The molecule has 0 bridgehead atoms. The van der Waals surface area contributed by atoms with Crippen molar-refractivity contribution in [3.8, 4) is 11.5 Å². The van der Waals surface area contributed by atoms with E-state index in [0.29, 0.717) is 24.6 Å². The van der Waals surface area contributed by atoms with Gasteiger partial charge < -0.3 is 24.6 Å². The molecule has 1 saturated heterocycles. The standard InChI is InChI=1S/C31H32N4O4/c36-30(34-15-13-33(14-16-34)18-22-7-12-27-28(17-22)39-20-38-27)23-8-10-24(11-9-23)32-29-25-3-1-2-4-26(25)31(37)35(29)19-21-5-6-21/h1-4,7-12,17,21,29,32H,5-6,13-16,18-20H2. The SMILES string of the molecule is O=C(c1ccc(NC2c3ccccc3C(=O)N2CC2CC2)cc1)N1CCN(Cc2ccc3c(c2)OCO3)CC1. The lowest BCUT2D eigenvalue weighted by molar-refractivity contribution is 0.0628. The monoisotopic (exact) mass is 524 g/mol. The molecule has 4 aliphatic rings. The van der Waals surface area contributed by atoms with Gasteiger partial charge in [-0.15, -0.1) is 0 Å². The first-order chi connectivity index (χ1) is 19.1. The fraction of sp³-hybridized carbons (Fsp3) is 0.355. The number of carbonyl (C=O) groups is 2. The zero-order valence-electron chi connectivity index (χ0n) is 21.8. The minimum absolute atomic E-state index is 0.0565. The number of benzene rings is 3. The van der Waals surface area contributed by atoms with Crippen LogP contribution < -0.4 is 14.8 Å². The Labute approximate surface area is 228 Å². The van der Waals surface area contributed by atoms with Gasteiger partial charge in [0.25, 0.3) is 11.8 Å². The number of rotatable bonds is 7. The number of hydrogen-bond donors (Lipinski definition) is 1. The van der Waals surface area contributed by atoms with Gasteiger partial charge in [0.15, 0.2) is 11.5 Å². The van der Waals surface area contributed by atoms with E-state index in [-0.39, 0.29) is 24.8 Å². The summed E-state index contributed by atoms with van der Waals surface area (Å²) in [6.07, 6.45) is 2.20. The fourth-order valence-corrected chi connectivity index (χ4v) is 5.75. The molecule has 3 aliphatic heterocycles. The molecule has 3 aromatic rings. The number of hydrogen-bond acceptors (Lipinski definition) is 6. The maximum Gasteiger partial charge on any atom is 0.256 e. The summed E-state index contributed by atoms with van der Waals surface area (Å²) in [5, 5.41) is 3.56. The van der Waals surface area contributed by atoms with Gasteiger partial charge in [0.1, 0.15) is 6.17 Å². The molecule has 0 aromatic heterocycles. The summed E-state index contributed by atoms with van der Waals surface area (Å²) >= 11 is 0. The summed E-state index contributed by atoms with van der Waals surface area (Å²) in [5.74, 6) is 2.36. The van der Waals surface area contributed by atoms with Crippen molar-refractivity contribution in [1.29, 1.82) is 0 Å². The molecule has 3 aromatic carbocycles. The number of nitrogens with zero attached hydrogens (tertiary/aromatic N) is 3. The molecule has 1 saturated carbocycles. The van der Waals surface area contributed by atoms with E-state index in [9.17, 15) is 9.59 Å². The number of anilines is 1. The van der Waals surface area contributed by atoms with E-state index in [2.05, 4.69) is 16.3 Å². The van der Waals surface area contributed by atoms with Crippen molar-refractivity contribution < 1.29 is 19.1 Å². The molecule has 1 aliphatic carbocycles. The van der Waals surface area contributed by atoms with Crippen LogP contribution in [0.15, 0.2) is 66.7 Å². The zero-order valence-corrected chi connectivity index (χ0v) is 21.8. The Morgan fingerprint density at radius 3 is 2.46 bits per heavy atom. The second-order valence-electron chi connectivity index (χ2n) is 10.9. The van der Waals surface area contributed by atoms with Crippen molar-refractivity contribution in [3.63, 3.8) is 0 Å². The predicted molar refractivity (Wildman–Crippen MR) is 147 cm³/mol.